The molecule has 0 spiro atoms. The maximum atomic E-state index is 11.5. The van der Waals surface area contributed by atoms with Crippen LogP contribution in [0.3, 0.4) is 0 Å². The van der Waals surface area contributed by atoms with E-state index in [9.17, 15) is 9.59 Å². The number of carbonyl (C=O) groups excluding carboxylic acids is 1. The van der Waals surface area contributed by atoms with Gasteiger partial charge in [-0.25, -0.2) is 4.68 Å². The van der Waals surface area contributed by atoms with Gasteiger partial charge in [-0.15, -0.1) is 10.2 Å². The molecule has 0 atom stereocenters. The summed E-state index contributed by atoms with van der Waals surface area (Å²) in [6, 6.07) is 0. The van der Waals surface area contributed by atoms with Crippen LogP contribution < -0.4 is 5.32 Å². The summed E-state index contributed by atoms with van der Waals surface area (Å²) in [5.41, 5.74) is 0.474. The largest absolute Gasteiger partial charge is 0.480 e. The van der Waals surface area contributed by atoms with Gasteiger partial charge >= 0.3 is 5.97 Å². The van der Waals surface area contributed by atoms with Crippen molar-refractivity contribution in [2.75, 3.05) is 0 Å². The Morgan fingerprint density at radius 2 is 2.33 bits per heavy atom. The van der Waals surface area contributed by atoms with Crippen molar-refractivity contribution in [3.05, 3.63) is 23.0 Å². The number of hydrogen-bond donors (Lipinski definition) is 2. The molecule has 0 aliphatic heterocycles. The molecule has 0 aromatic carbocycles. The molecule has 2 aromatic heterocycles. The van der Waals surface area contributed by atoms with Gasteiger partial charge < -0.3 is 10.4 Å². The molecular weight excluding hydrogens is 260 g/mol. The molecule has 2 heterocycles. The second kappa shape index (κ2) is 5.31. The molecule has 2 N–H and O–H groups in total. The number of carboxylic acids is 1. The van der Waals surface area contributed by atoms with E-state index in [1.54, 1.807) is 0 Å². The highest BCUT2D eigenvalue weighted by atomic mass is 32.1. The average Bonchev–Trinajstić information content (AvgIpc) is 2.95. The van der Waals surface area contributed by atoms with Gasteiger partial charge in [0.15, 0.2) is 0 Å². The molecule has 94 valence electrons. The second-order valence-electron chi connectivity index (χ2n) is 3.27. The van der Waals surface area contributed by atoms with Crippen LogP contribution in [-0.2, 0) is 17.9 Å². The molecule has 10 heteroatoms. The summed E-state index contributed by atoms with van der Waals surface area (Å²) in [6.07, 6.45) is 2.82. The second-order valence-corrected chi connectivity index (χ2v) is 4.05. The standard InChI is InChI=1S/C8H8N6O3S/c15-7(16)4-14-3-5(11-12-14)1-9-8(17)6-2-10-13-18-6/h2-3H,1,4H2,(H,9,17)(H,15,16). The van der Waals surface area contributed by atoms with Gasteiger partial charge in [0.05, 0.1) is 18.9 Å². The number of carbonyl (C=O) groups is 2. The van der Waals surface area contributed by atoms with E-state index in [1.165, 1.54) is 17.1 Å². The lowest BCUT2D eigenvalue weighted by Gasteiger charge is -1.98. The predicted molar refractivity (Wildman–Crippen MR) is 58.7 cm³/mol. The van der Waals surface area contributed by atoms with Gasteiger partial charge in [0.2, 0.25) is 0 Å². The highest BCUT2D eigenvalue weighted by molar-refractivity contribution is 7.07. The van der Waals surface area contributed by atoms with E-state index in [4.69, 9.17) is 5.11 Å². The molecule has 0 aliphatic rings. The van der Waals surface area contributed by atoms with Crippen LogP contribution in [0.5, 0.6) is 0 Å². The maximum absolute atomic E-state index is 11.5. The smallest absolute Gasteiger partial charge is 0.325 e. The van der Waals surface area contributed by atoms with Gasteiger partial charge in [0, 0.05) is 0 Å². The molecule has 9 nitrogen and oxygen atoms in total. The van der Waals surface area contributed by atoms with E-state index in [1.807, 2.05) is 0 Å². The van der Waals surface area contributed by atoms with Crippen LogP contribution in [0, 0.1) is 0 Å². The van der Waals surface area contributed by atoms with Gasteiger partial charge in [0.25, 0.3) is 5.91 Å². The zero-order valence-electron chi connectivity index (χ0n) is 8.98. The fourth-order valence-corrected chi connectivity index (χ4v) is 1.59. The lowest BCUT2D eigenvalue weighted by molar-refractivity contribution is -0.137. The Balaban J connectivity index is 1.88. The van der Waals surface area contributed by atoms with Crippen LogP contribution >= 0.6 is 11.5 Å². The van der Waals surface area contributed by atoms with Crippen molar-refractivity contribution < 1.29 is 14.7 Å². The van der Waals surface area contributed by atoms with Crippen molar-refractivity contribution in [1.82, 2.24) is 29.9 Å². The van der Waals surface area contributed by atoms with Crippen molar-refractivity contribution in [3.8, 4) is 0 Å². The first-order valence-electron chi connectivity index (χ1n) is 4.81. The molecule has 0 fully saturated rings. The van der Waals surface area contributed by atoms with E-state index in [0.29, 0.717) is 10.6 Å². The fraction of sp³-hybridized carbons (Fsp3) is 0.250. The van der Waals surface area contributed by atoms with Crippen LogP contribution in [0.1, 0.15) is 15.4 Å². The van der Waals surface area contributed by atoms with Crippen molar-refractivity contribution in [2.24, 2.45) is 0 Å². The number of nitrogens with one attached hydrogen (secondary N) is 1. The van der Waals surface area contributed by atoms with Gasteiger partial charge in [-0.3, -0.25) is 9.59 Å². The third kappa shape index (κ3) is 3.07. The van der Waals surface area contributed by atoms with Gasteiger partial charge in [-0.1, -0.05) is 9.70 Å². The molecule has 0 unspecified atom stereocenters. The van der Waals surface area contributed by atoms with Crippen molar-refractivity contribution >= 4 is 23.4 Å². The van der Waals surface area contributed by atoms with E-state index in [-0.39, 0.29) is 19.0 Å². The summed E-state index contributed by atoms with van der Waals surface area (Å²) in [5, 5.41) is 22.0. The van der Waals surface area contributed by atoms with Crippen molar-refractivity contribution in [3.63, 3.8) is 0 Å². The Morgan fingerprint density at radius 3 is 3.00 bits per heavy atom. The van der Waals surface area contributed by atoms with Gasteiger partial charge in [0.1, 0.15) is 17.1 Å². The van der Waals surface area contributed by atoms with Crippen molar-refractivity contribution in [2.45, 2.75) is 13.1 Å². The number of rotatable bonds is 5. The summed E-state index contributed by atoms with van der Waals surface area (Å²) in [5.74, 6) is -1.32. The molecular formula is C8H8N6O3S. The number of aliphatic carboxylic acids is 1. The Morgan fingerprint density at radius 1 is 1.50 bits per heavy atom. The molecule has 0 bridgehead atoms. The lowest BCUT2D eigenvalue weighted by Crippen LogP contribution is -2.22. The van der Waals surface area contributed by atoms with Crippen molar-refractivity contribution in [1.29, 1.82) is 0 Å². The number of aromatic nitrogens is 5. The molecule has 0 saturated heterocycles. The zero-order valence-corrected chi connectivity index (χ0v) is 9.79. The summed E-state index contributed by atoms with van der Waals surface area (Å²) in [6.45, 7) is -0.101. The average molecular weight is 268 g/mol. The number of nitrogens with zero attached hydrogens (tertiary/aromatic N) is 5. The Labute approximate surface area is 105 Å². The third-order valence-electron chi connectivity index (χ3n) is 1.90. The summed E-state index contributed by atoms with van der Waals surface area (Å²) in [7, 11) is 0. The Kier molecular flexibility index (Phi) is 3.57. The highest BCUT2D eigenvalue weighted by Crippen LogP contribution is 2.01. The molecule has 0 aliphatic carbocycles. The fourth-order valence-electron chi connectivity index (χ4n) is 1.16. The zero-order chi connectivity index (χ0) is 13.0. The van der Waals surface area contributed by atoms with E-state index in [0.717, 1.165) is 11.5 Å². The van der Waals surface area contributed by atoms with E-state index >= 15 is 0 Å². The molecule has 0 saturated carbocycles. The first kappa shape index (κ1) is 12.1. The van der Waals surface area contributed by atoms with Crippen LogP contribution in [-0.4, -0.2) is 41.6 Å². The SMILES string of the molecule is O=C(O)Cn1cc(CNC(=O)c2cnns2)nn1. The highest BCUT2D eigenvalue weighted by Gasteiger charge is 2.09. The number of carboxylic acid groups (broad SMARTS) is 1. The molecule has 2 aromatic rings. The van der Waals surface area contributed by atoms with Crippen LogP contribution in [0.15, 0.2) is 12.4 Å². The summed E-state index contributed by atoms with van der Waals surface area (Å²) >= 11 is 0.988. The Bertz CT molecular complexity index is 551. The summed E-state index contributed by atoms with van der Waals surface area (Å²) in [4.78, 5) is 22.4. The molecule has 1 amide bonds. The van der Waals surface area contributed by atoms with Crippen LogP contribution in [0.4, 0.5) is 0 Å². The van der Waals surface area contributed by atoms with Gasteiger partial charge in [-0.05, 0) is 11.5 Å². The first-order valence-corrected chi connectivity index (χ1v) is 5.59. The number of amides is 1. The number of hydrogen-bond acceptors (Lipinski definition) is 7. The monoisotopic (exact) mass is 268 g/mol. The van der Waals surface area contributed by atoms with E-state index in [2.05, 4.69) is 25.2 Å². The lowest BCUT2D eigenvalue weighted by atomic mass is 10.4. The molecule has 18 heavy (non-hydrogen) atoms. The molecule has 2 rings (SSSR count). The quantitative estimate of drug-likeness (QED) is 0.723. The minimum Gasteiger partial charge on any atom is -0.480 e. The normalized spacial score (nSPS) is 10.2. The molecule has 0 radical (unpaired) electrons. The predicted octanol–water partition coefficient (Wildman–Crippen LogP) is -0.856. The van der Waals surface area contributed by atoms with Crippen LogP contribution in [0.2, 0.25) is 0 Å². The Hall–Kier alpha value is -2.36. The maximum Gasteiger partial charge on any atom is 0.325 e. The van der Waals surface area contributed by atoms with Crippen LogP contribution in [0.25, 0.3) is 0 Å². The minimum absolute atomic E-state index is 0.163. The third-order valence-corrected chi connectivity index (χ3v) is 2.56. The summed E-state index contributed by atoms with van der Waals surface area (Å²) < 4.78 is 4.75. The first-order chi connectivity index (χ1) is 8.65. The van der Waals surface area contributed by atoms with Gasteiger partial charge in [-0.2, -0.15) is 0 Å². The topological polar surface area (TPSA) is 123 Å². The van der Waals surface area contributed by atoms with E-state index < -0.39 is 5.97 Å². The minimum atomic E-state index is -1.01.